The summed E-state index contributed by atoms with van der Waals surface area (Å²) in [4.78, 5) is 12.6. The van der Waals surface area contributed by atoms with E-state index in [1.165, 1.54) is 0 Å². The molecule has 24 heavy (non-hydrogen) atoms. The first-order valence-corrected chi connectivity index (χ1v) is 14.9. The van der Waals surface area contributed by atoms with Gasteiger partial charge in [0.05, 0.1) is 14.2 Å². The number of rotatable bonds is 8. The topological polar surface area (TPSA) is 54.0 Å². The fourth-order valence-corrected chi connectivity index (χ4v) is 3.98. The van der Waals surface area contributed by atoms with Crippen LogP contribution in [-0.4, -0.2) is 42.9 Å². The van der Waals surface area contributed by atoms with Crippen molar-refractivity contribution in [3.05, 3.63) is 23.8 Å². The van der Waals surface area contributed by atoms with Crippen molar-refractivity contribution in [2.75, 3.05) is 14.2 Å². The summed E-state index contributed by atoms with van der Waals surface area (Å²) in [5, 5.41) is 0. The molecule has 1 atom stereocenters. The lowest BCUT2D eigenvalue weighted by molar-refractivity contribution is -0.143. The Balaban J connectivity index is 3.10. The van der Waals surface area contributed by atoms with Gasteiger partial charge < -0.3 is 18.3 Å². The maximum Gasteiger partial charge on any atom is 0.321 e. The smallest absolute Gasteiger partial charge is 0.321 e. The zero-order chi connectivity index (χ0) is 18.5. The standard InChI is InChI=1S/C17H30O5Si2/c1-19-14-9-10-15(20-2)13(11-14)12-16(21-23(3,4)5)17(18)22-24(6,7)8/h9-11,16H,12H2,1-8H3. The molecular formula is C17H30O5Si2. The van der Waals surface area contributed by atoms with Crippen molar-refractivity contribution in [3.63, 3.8) is 0 Å². The molecule has 0 N–H and O–H groups in total. The first-order valence-electron chi connectivity index (χ1n) is 8.07. The molecule has 0 aromatic heterocycles. The van der Waals surface area contributed by atoms with Gasteiger partial charge in [-0.2, -0.15) is 0 Å². The molecule has 1 unspecified atom stereocenters. The molecule has 1 rings (SSSR count). The Morgan fingerprint density at radius 3 is 2.08 bits per heavy atom. The van der Waals surface area contributed by atoms with Crippen molar-refractivity contribution in [3.8, 4) is 11.5 Å². The van der Waals surface area contributed by atoms with Crippen molar-refractivity contribution in [1.82, 2.24) is 0 Å². The van der Waals surface area contributed by atoms with Gasteiger partial charge in [0.1, 0.15) is 17.6 Å². The third kappa shape index (κ3) is 7.06. The Kier molecular flexibility index (Phi) is 7.06. The average Bonchev–Trinajstić information content (AvgIpc) is 2.43. The lowest BCUT2D eigenvalue weighted by Crippen LogP contribution is -2.42. The van der Waals surface area contributed by atoms with Gasteiger partial charge in [0.15, 0.2) is 8.32 Å². The van der Waals surface area contributed by atoms with Crippen LogP contribution in [0.5, 0.6) is 11.5 Å². The van der Waals surface area contributed by atoms with E-state index in [0.717, 1.165) is 11.3 Å². The molecule has 0 radical (unpaired) electrons. The number of hydrogen-bond donors (Lipinski definition) is 0. The van der Waals surface area contributed by atoms with Gasteiger partial charge in [-0.3, -0.25) is 4.79 Å². The number of carbonyl (C=O) groups is 1. The van der Waals surface area contributed by atoms with Crippen LogP contribution in [0.3, 0.4) is 0 Å². The summed E-state index contributed by atoms with van der Waals surface area (Å²) in [6.45, 7) is 12.1. The lowest BCUT2D eigenvalue weighted by Gasteiger charge is -2.28. The van der Waals surface area contributed by atoms with E-state index in [2.05, 4.69) is 19.6 Å². The van der Waals surface area contributed by atoms with E-state index in [9.17, 15) is 4.79 Å². The predicted octanol–water partition coefficient (Wildman–Crippen LogP) is 3.84. The molecule has 1 aromatic carbocycles. The summed E-state index contributed by atoms with van der Waals surface area (Å²) >= 11 is 0. The third-order valence-corrected chi connectivity index (χ3v) is 4.86. The van der Waals surface area contributed by atoms with Gasteiger partial charge in [0.2, 0.25) is 8.32 Å². The summed E-state index contributed by atoms with van der Waals surface area (Å²) in [5.41, 5.74) is 0.868. The highest BCUT2D eigenvalue weighted by atomic mass is 28.4. The molecule has 7 heteroatoms. The molecule has 0 saturated carbocycles. The number of hydrogen-bond acceptors (Lipinski definition) is 5. The minimum absolute atomic E-state index is 0.290. The second-order valence-electron chi connectivity index (χ2n) is 7.63. The van der Waals surface area contributed by atoms with Crippen molar-refractivity contribution in [2.45, 2.75) is 51.8 Å². The molecular weight excluding hydrogens is 340 g/mol. The van der Waals surface area contributed by atoms with Crippen molar-refractivity contribution >= 4 is 22.6 Å². The molecule has 5 nitrogen and oxygen atoms in total. The normalized spacial score (nSPS) is 13.3. The van der Waals surface area contributed by atoms with E-state index in [1.807, 2.05) is 37.8 Å². The summed E-state index contributed by atoms with van der Waals surface area (Å²) in [7, 11) is -0.681. The van der Waals surface area contributed by atoms with Crippen LogP contribution in [0.2, 0.25) is 39.3 Å². The van der Waals surface area contributed by atoms with Crippen LogP contribution >= 0.6 is 0 Å². The van der Waals surface area contributed by atoms with E-state index >= 15 is 0 Å². The van der Waals surface area contributed by atoms with Crippen molar-refractivity contribution in [1.29, 1.82) is 0 Å². The van der Waals surface area contributed by atoms with Crippen LogP contribution in [0.4, 0.5) is 0 Å². The van der Waals surface area contributed by atoms with Crippen molar-refractivity contribution < 1.29 is 23.1 Å². The van der Waals surface area contributed by atoms with Gasteiger partial charge in [-0.05, 0) is 57.5 Å². The van der Waals surface area contributed by atoms with Crippen LogP contribution in [0.1, 0.15) is 5.56 Å². The fourth-order valence-electron chi connectivity index (χ4n) is 2.21. The maximum absolute atomic E-state index is 12.6. The Morgan fingerprint density at radius 2 is 1.62 bits per heavy atom. The molecule has 136 valence electrons. The summed E-state index contributed by atoms with van der Waals surface area (Å²) in [5.74, 6) is 1.14. The van der Waals surface area contributed by atoms with Crippen LogP contribution in [-0.2, 0) is 20.1 Å². The highest BCUT2D eigenvalue weighted by Gasteiger charge is 2.32. The third-order valence-electron chi connectivity index (χ3n) is 3.06. The van der Waals surface area contributed by atoms with E-state index in [1.54, 1.807) is 14.2 Å². The van der Waals surface area contributed by atoms with E-state index in [0.29, 0.717) is 12.2 Å². The Labute approximate surface area is 147 Å². The highest BCUT2D eigenvalue weighted by molar-refractivity contribution is 6.71. The zero-order valence-corrected chi connectivity index (χ0v) is 18.1. The van der Waals surface area contributed by atoms with Crippen LogP contribution in [0.25, 0.3) is 0 Å². The predicted molar refractivity (Wildman–Crippen MR) is 101 cm³/mol. The Bertz CT molecular complexity index is 561. The molecule has 0 heterocycles. The minimum Gasteiger partial charge on any atom is -0.518 e. The first kappa shape index (κ1) is 20.7. The molecule has 0 bridgehead atoms. The maximum atomic E-state index is 12.6. The summed E-state index contributed by atoms with van der Waals surface area (Å²) in [6, 6.07) is 5.54. The fraction of sp³-hybridized carbons (Fsp3) is 0.588. The van der Waals surface area contributed by atoms with Crippen molar-refractivity contribution in [2.24, 2.45) is 0 Å². The lowest BCUT2D eigenvalue weighted by atomic mass is 10.1. The Hall–Kier alpha value is -1.32. The van der Waals surface area contributed by atoms with Gasteiger partial charge in [-0.1, -0.05) is 0 Å². The SMILES string of the molecule is COc1ccc(OC)c(CC(O[Si](C)(C)C)C(=O)O[Si](C)(C)C)c1. The molecule has 1 aromatic rings. The largest absolute Gasteiger partial charge is 0.518 e. The molecule has 0 fully saturated rings. The monoisotopic (exact) mass is 370 g/mol. The number of ether oxygens (including phenoxy) is 2. The van der Waals surface area contributed by atoms with Gasteiger partial charge in [0, 0.05) is 12.0 Å². The number of benzene rings is 1. The number of carbonyl (C=O) groups excluding carboxylic acids is 1. The van der Waals surface area contributed by atoms with Crippen LogP contribution < -0.4 is 9.47 Å². The molecule has 0 aliphatic rings. The van der Waals surface area contributed by atoms with Crippen LogP contribution in [0, 0.1) is 0 Å². The molecule has 0 spiro atoms. The van der Waals surface area contributed by atoms with Gasteiger partial charge in [0.25, 0.3) is 0 Å². The summed E-state index contributed by atoms with van der Waals surface area (Å²) < 4.78 is 22.5. The van der Waals surface area contributed by atoms with Gasteiger partial charge >= 0.3 is 5.97 Å². The number of methoxy groups -OCH3 is 2. The van der Waals surface area contributed by atoms with E-state index in [-0.39, 0.29) is 5.97 Å². The second-order valence-corrected chi connectivity index (χ2v) is 16.5. The average molecular weight is 371 g/mol. The van der Waals surface area contributed by atoms with E-state index in [4.69, 9.17) is 18.3 Å². The second kappa shape index (κ2) is 8.18. The highest BCUT2D eigenvalue weighted by Crippen LogP contribution is 2.27. The van der Waals surface area contributed by atoms with E-state index < -0.39 is 22.7 Å². The van der Waals surface area contributed by atoms with Crippen LogP contribution in [0.15, 0.2) is 18.2 Å². The zero-order valence-electron chi connectivity index (χ0n) is 16.1. The molecule has 0 amide bonds. The Morgan fingerprint density at radius 1 is 1.00 bits per heavy atom. The molecule has 0 aliphatic carbocycles. The first-order chi connectivity index (χ1) is 10.9. The van der Waals surface area contributed by atoms with Gasteiger partial charge in [-0.25, -0.2) is 0 Å². The molecule has 0 aliphatic heterocycles. The quantitative estimate of drug-likeness (QED) is 0.651. The minimum atomic E-state index is -1.99. The molecule has 0 saturated heterocycles. The summed E-state index contributed by atoms with van der Waals surface area (Å²) in [6.07, 6.45) is -0.238. The van der Waals surface area contributed by atoms with Gasteiger partial charge in [-0.15, -0.1) is 0 Å².